The largest absolute Gasteiger partial charge is 0.349 e. The van der Waals surface area contributed by atoms with Crippen LogP contribution in [0.2, 0.25) is 0 Å². The minimum absolute atomic E-state index is 0.0151. The quantitative estimate of drug-likeness (QED) is 0.943. The third-order valence-corrected chi connectivity index (χ3v) is 4.29. The Balaban J connectivity index is 1.61. The summed E-state index contributed by atoms with van der Waals surface area (Å²) in [5, 5.41) is 3.13. The van der Waals surface area contributed by atoms with E-state index in [0.717, 1.165) is 24.9 Å². The number of amides is 1. The molecule has 1 aromatic heterocycles. The van der Waals surface area contributed by atoms with Gasteiger partial charge < -0.3 is 10.2 Å². The number of piperidine rings is 1. The number of carbonyl (C=O) groups excluding carboxylic acids is 1. The summed E-state index contributed by atoms with van der Waals surface area (Å²) in [5.74, 6) is 0.807. The second kappa shape index (κ2) is 7.22. The van der Waals surface area contributed by atoms with Crippen molar-refractivity contribution in [1.82, 2.24) is 15.3 Å². The van der Waals surface area contributed by atoms with Gasteiger partial charge in [-0.15, -0.1) is 0 Å². The number of aromatic nitrogens is 2. The highest BCUT2D eigenvalue weighted by Crippen LogP contribution is 2.21. The molecule has 3 rings (SSSR count). The van der Waals surface area contributed by atoms with Crippen molar-refractivity contribution in [3.05, 3.63) is 54.4 Å². The fraction of sp³-hybridized carbons (Fsp3) is 0.389. The molecule has 0 radical (unpaired) electrons. The van der Waals surface area contributed by atoms with Crippen LogP contribution in [0.4, 0.5) is 5.95 Å². The van der Waals surface area contributed by atoms with Crippen LogP contribution >= 0.6 is 0 Å². The molecule has 1 saturated heterocycles. The lowest BCUT2D eigenvalue weighted by Gasteiger charge is -2.32. The summed E-state index contributed by atoms with van der Waals surface area (Å²) >= 11 is 0. The van der Waals surface area contributed by atoms with Crippen LogP contribution in [0.15, 0.2) is 48.8 Å². The number of nitrogens with one attached hydrogen (secondary N) is 1. The summed E-state index contributed by atoms with van der Waals surface area (Å²) in [4.78, 5) is 23.3. The topological polar surface area (TPSA) is 58.1 Å². The average Bonchev–Trinajstić information content (AvgIpc) is 2.63. The van der Waals surface area contributed by atoms with Gasteiger partial charge in [-0.3, -0.25) is 4.79 Å². The number of rotatable bonds is 4. The molecule has 5 heteroatoms. The second-order valence-electron chi connectivity index (χ2n) is 5.97. The molecule has 0 saturated carbocycles. The highest BCUT2D eigenvalue weighted by molar-refractivity contribution is 5.80. The molecule has 2 atom stereocenters. The smallest absolute Gasteiger partial charge is 0.225 e. The third-order valence-electron chi connectivity index (χ3n) is 4.29. The van der Waals surface area contributed by atoms with Crippen LogP contribution in [0, 0.1) is 5.92 Å². The van der Waals surface area contributed by atoms with Gasteiger partial charge in [-0.25, -0.2) is 9.97 Å². The van der Waals surface area contributed by atoms with Crippen LogP contribution in [-0.2, 0) is 4.79 Å². The van der Waals surface area contributed by atoms with Gasteiger partial charge in [0.2, 0.25) is 11.9 Å². The van der Waals surface area contributed by atoms with Gasteiger partial charge >= 0.3 is 0 Å². The number of benzene rings is 1. The SMILES string of the molecule is C[C@@H](NC(=O)C1CCCN(c2ncccn2)C1)c1ccccc1. The first-order chi connectivity index (χ1) is 11.2. The lowest BCUT2D eigenvalue weighted by atomic mass is 9.96. The number of anilines is 1. The molecule has 1 N–H and O–H groups in total. The lowest BCUT2D eigenvalue weighted by molar-refractivity contribution is -0.125. The Labute approximate surface area is 136 Å². The molecular weight excluding hydrogens is 288 g/mol. The van der Waals surface area contributed by atoms with E-state index in [9.17, 15) is 4.79 Å². The van der Waals surface area contributed by atoms with Crippen LogP contribution < -0.4 is 10.2 Å². The Morgan fingerprint density at radius 2 is 1.96 bits per heavy atom. The van der Waals surface area contributed by atoms with Gasteiger partial charge in [0, 0.05) is 25.5 Å². The van der Waals surface area contributed by atoms with Crippen molar-refractivity contribution in [2.45, 2.75) is 25.8 Å². The Morgan fingerprint density at radius 3 is 2.70 bits per heavy atom. The number of nitrogens with zero attached hydrogens (tertiary/aromatic N) is 3. The third kappa shape index (κ3) is 3.86. The number of hydrogen-bond acceptors (Lipinski definition) is 4. The maximum atomic E-state index is 12.6. The van der Waals surface area contributed by atoms with Crippen LogP contribution in [0.1, 0.15) is 31.4 Å². The van der Waals surface area contributed by atoms with Crippen LogP contribution in [0.3, 0.4) is 0 Å². The maximum absolute atomic E-state index is 12.6. The highest BCUT2D eigenvalue weighted by atomic mass is 16.2. The summed E-state index contributed by atoms with van der Waals surface area (Å²) < 4.78 is 0. The standard InChI is InChI=1S/C18H22N4O/c1-14(15-7-3-2-4-8-15)21-17(23)16-9-5-12-22(13-16)18-19-10-6-11-20-18/h2-4,6-8,10-11,14,16H,5,9,12-13H2,1H3,(H,21,23)/t14-,16?/m1/s1. The van der Waals surface area contributed by atoms with E-state index in [1.165, 1.54) is 0 Å². The first kappa shape index (κ1) is 15.5. The summed E-state index contributed by atoms with van der Waals surface area (Å²) in [5.41, 5.74) is 1.12. The summed E-state index contributed by atoms with van der Waals surface area (Å²) in [6.07, 6.45) is 5.37. The zero-order valence-corrected chi connectivity index (χ0v) is 13.4. The van der Waals surface area contributed by atoms with Crippen molar-refractivity contribution < 1.29 is 4.79 Å². The van der Waals surface area contributed by atoms with Crippen LogP contribution in [-0.4, -0.2) is 29.0 Å². The molecule has 2 heterocycles. The van der Waals surface area contributed by atoms with Crippen molar-refractivity contribution in [2.24, 2.45) is 5.92 Å². The van der Waals surface area contributed by atoms with E-state index in [4.69, 9.17) is 0 Å². The molecule has 2 aromatic rings. The van der Waals surface area contributed by atoms with E-state index in [1.807, 2.05) is 37.3 Å². The first-order valence-corrected chi connectivity index (χ1v) is 8.11. The van der Waals surface area contributed by atoms with Crippen molar-refractivity contribution in [3.63, 3.8) is 0 Å². The van der Waals surface area contributed by atoms with Gasteiger partial charge in [0.1, 0.15) is 0 Å². The fourth-order valence-electron chi connectivity index (χ4n) is 2.98. The lowest BCUT2D eigenvalue weighted by Crippen LogP contribution is -2.44. The summed E-state index contributed by atoms with van der Waals surface area (Å²) in [6, 6.07) is 11.9. The predicted octanol–water partition coefficient (Wildman–Crippen LogP) is 2.57. The zero-order valence-electron chi connectivity index (χ0n) is 13.4. The van der Waals surface area contributed by atoms with Crippen molar-refractivity contribution in [3.8, 4) is 0 Å². The van der Waals surface area contributed by atoms with E-state index in [0.29, 0.717) is 12.5 Å². The highest BCUT2D eigenvalue weighted by Gasteiger charge is 2.27. The molecule has 120 valence electrons. The Kier molecular flexibility index (Phi) is 4.86. The zero-order chi connectivity index (χ0) is 16.1. The maximum Gasteiger partial charge on any atom is 0.225 e. The molecular formula is C18H22N4O. The van der Waals surface area contributed by atoms with E-state index < -0.39 is 0 Å². The minimum atomic E-state index is -0.0151. The molecule has 1 amide bonds. The van der Waals surface area contributed by atoms with E-state index >= 15 is 0 Å². The average molecular weight is 310 g/mol. The molecule has 1 aliphatic heterocycles. The molecule has 1 aromatic carbocycles. The van der Waals surface area contributed by atoms with Crippen molar-refractivity contribution in [1.29, 1.82) is 0 Å². The van der Waals surface area contributed by atoms with E-state index in [2.05, 4.69) is 20.2 Å². The molecule has 0 bridgehead atoms. The molecule has 1 aliphatic rings. The van der Waals surface area contributed by atoms with Gasteiger partial charge in [-0.1, -0.05) is 30.3 Å². The van der Waals surface area contributed by atoms with Gasteiger partial charge in [0.25, 0.3) is 0 Å². The molecule has 5 nitrogen and oxygen atoms in total. The number of carbonyl (C=O) groups is 1. The van der Waals surface area contributed by atoms with Gasteiger partial charge in [-0.2, -0.15) is 0 Å². The van der Waals surface area contributed by atoms with Gasteiger partial charge in [0.05, 0.1) is 12.0 Å². The first-order valence-electron chi connectivity index (χ1n) is 8.11. The number of hydrogen-bond donors (Lipinski definition) is 1. The normalized spacial score (nSPS) is 19.2. The monoisotopic (exact) mass is 310 g/mol. The van der Waals surface area contributed by atoms with Gasteiger partial charge in [-0.05, 0) is 31.4 Å². The molecule has 23 heavy (non-hydrogen) atoms. The predicted molar refractivity (Wildman–Crippen MR) is 90.0 cm³/mol. The molecule has 1 unspecified atom stereocenters. The molecule has 1 fully saturated rings. The molecule has 0 spiro atoms. The van der Waals surface area contributed by atoms with Crippen molar-refractivity contribution >= 4 is 11.9 Å². The van der Waals surface area contributed by atoms with Crippen molar-refractivity contribution in [2.75, 3.05) is 18.0 Å². The summed E-state index contributed by atoms with van der Waals surface area (Å²) in [6.45, 7) is 3.60. The summed E-state index contributed by atoms with van der Waals surface area (Å²) in [7, 11) is 0. The Hall–Kier alpha value is -2.43. The fourth-order valence-corrected chi connectivity index (χ4v) is 2.98. The van der Waals surface area contributed by atoms with Crippen LogP contribution in [0.5, 0.6) is 0 Å². The van der Waals surface area contributed by atoms with E-state index in [1.54, 1.807) is 18.5 Å². The Bertz CT molecular complexity index is 632. The van der Waals surface area contributed by atoms with Crippen LogP contribution in [0.25, 0.3) is 0 Å². The Morgan fingerprint density at radius 1 is 1.22 bits per heavy atom. The van der Waals surface area contributed by atoms with E-state index in [-0.39, 0.29) is 17.9 Å². The minimum Gasteiger partial charge on any atom is -0.349 e. The molecule has 0 aliphatic carbocycles. The van der Waals surface area contributed by atoms with Gasteiger partial charge in [0.15, 0.2) is 0 Å². The second-order valence-corrected chi connectivity index (χ2v) is 5.97.